The van der Waals surface area contributed by atoms with E-state index in [0.29, 0.717) is 29.6 Å². The van der Waals surface area contributed by atoms with E-state index in [1.807, 2.05) is 6.92 Å². The van der Waals surface area contributed by atoms with Crippen LogP contribution in [0, 0.1) is 13.8 Å². The highest BCUT2D eigenvalue weighted by Crippen LogP contribution is 2.45. The third-order valence-corrected chi connectivity index (χ3v) is 7.35. The first-order chi connectivity index (χ1) is 13.6. The van der Waals surface area contributed by atoms with Crippen LogP contribution in [-0.2, 0) is 0 Å². The van der Waals surface area contributed by atoms with E-state index in [4.69, 9.17) is 4.52 Å². The van der Waals surface area contributed by atoms with E-state index in [1.165, 1.54) is 55.6 Å². The van der Waals surface area contributed by atoms with Crippen LogP contribution in [0.4, 0.5) is 5.82 Å². The van der Waals surface area contributed by atoms with Gasteiger partial charge >= 0.3 is 0 Å². The molecular formula is C21H28N4O2S. The fourth-order valence-corrected chi connectivity index (χ4v) is 5.46. The van der Waals surface area contributed by atoms with Gasteiger partial charge in [-0.3, -0.25) is 4.79 Å². The van der Waals surface area contributed by atoms with Crippen molar-refractivity contribution in [3.05, 3.63) is 33.2 Å². The molecule has 1 aliphatic heterocycles. The molecule has 7 heteroatoms. The average Bonchev–Trinajstić information content (AvgIpc) is 3.58. The van der Waals surface area contributed by atoms with E-state index >= 15 is 0 Å². The number of amides is 1. The Morgan fingerprint density at radius 3 is 2.68 bits per heavy atom. The minimum Gasteiger partial charge on any atom is -0.360 e. The standard InChI is InChI=1S/C21H28N4O2S/c1-12-9-20(24-27-12)23-21(26)19-11-16(13(2)28-19)17-10-18(17)22-14-5-7-25(8-6-14)15-3-4-15/h9,11,14-15,17-18,22H,3-8,10H2,1-2H3,(H,23,24,26). The number of hydrogen-bond acceptors (Lipinski definition) is 6. The number of carbonyl (C=O) groups excluding carboxylic acids is 1. The Bertz CT molecular complexity index is 864. The lowest BCUT2D eigenvalue weighted by molar-refractivity contribution is 0.102. The first-order valence-electron chi connectivity index (χ1n) is 10.4. The zero-order valence-electron chi connectivity index (χ0n) is 16.5. The summed E-state index contributed by atoms with van der Waals surface area (Å²) in [6.45, 7) is 6.44. The molecule has 0 radical (unpaired) electrons. The maximum atomic E-state index is 12.5. The number of nitrogens with one attached hydrogen (secondary N) is 2. The minimum atomic E-state index is -0.106. The van der Waals surface area contributed by atoms with Gasteiger partial charge in [-0.15, -0.1) is 11.3 Å². The predicted molar refractivity (Wildman–Crippen MR) is 110 cm³/mol. The number of aryl methyl sites for hydroxylation is 2. The molecule has 2 aromatic rings. The van der Waals surface area contributed by atoms with Gasteiger partial charge in [-0.2, -0.15) is 0 Å². The Hall–Kier alpha value is -1.70. The third-order valence-electron chi connectivity index (χ3n) is 6.28. The molecule has 2 saturated carbocycles. The molecule has 3 fully saturated rings. The molecule has 0 bridgehead atoms. The summed E-state index contributed by atoms with van der Waals surface area (Å²) in [4.78, 5) is 17.2. The summed E-state index contributed by atoms with van der Waals surface area (Å²) in [7, 11) is 0. The summed E-state index contributed by atoms with van der Waals surface area (Å²) in [6.07, 6.45) is 6.54. The van der Waals surface area contributed by atoms with Gasteiger partial charge < -0.3 is 20.1 Å². The maximum absolute atomic E-state index is 12.5. The Kier molecular flexibility index (Phi) is 4.77. The van der Waals surface area contributed by atoms with Crippen molar-refractivity contribution in [3.8, 4) is 0 Å². The smallest absolute Gasteiger partial charge is 0.266 e. The normalized spacial score (nSPS) is 25.8. The molecule has 0 spiro atoms. The van der Waals surface area contributed by atoms with Gasteiger partial charge in [-0.1, -0.05) is 5.16 Å². The van der Waals surface area contributed by atoms with E-state index in [-0.39, 0.29) is 5.91 Å². The number of carbonyl (C=O) groups is 1. The molecule has 150 valence electrons. The van der Waals surface area contributed by atoms with E-state index in [0.717, 1.165) is 10.9 Å². The van der Waals surface area contributed by atoms with Crippen molar-refractivity contribution < 1.29 is 9.32 Å². The molecule has 1 amide bonds. The summed E-state index contributed by atoms with van der Waals surface area (Å²) in [5.41, 5.74) is 1.33. The Morgan fingerprint density at radius 2 is 2.00 bits per heavy atom. The molecule has 3 heterocycles. The molecule has 5 rings (SSSR count). The van der Waals surface area contributed by atoms with Gasteiger partial charge in [0.15, 0.2) is 5.82 Å². The number of likely N-dealkylation sites (tertiary alicyclic amines) is 1. The van der Waals surface area contributed by atoms with Gasteiger partial charge in [0, 0.05) is 35.0 Å². The quantitative estimate of drug-likeness (QED) is 0.774. The Labute approximate surface area is 169 Å². The maximum Gasteiger partial charge on any atom is 0.266 e. The van der Waals surface area contributed by atoms with Crippen LogP contribution in [0.1, 0.15) is 63.9 Å². The van der Waals surface area contributed by atoms with Crippen molar-refractivity contribution in [1.82, 2.24) is 15.4 Å². The zero-order valence-corrected chi connectivity index (χ0v) is 17.3. The summed E-state index contributed by atoms with van der Waals surface area (Å²) in [5, 5.41) is 10.5. The number of anilines is 1. The van der Waals surface area contributed by atoms with Gasteiger partial charge in [0.05, 0.1) is 4.88 Å². The lowest BCUT2D eigenvalue weighted by atomic mass is 10.0. The van der Waals surface area contributed by atoms with Gasteiger partial charge in [-0.05, 0) is 70.7 Å². The number of aromatic nitrogens is 1. The van der Waals surface area contributed by atoms with Crippen molar-refractivity contribution in [2.45, 2.75) is 70.0 Å². The van der Waals surface area contributed by atoms with Crippen LogP contribution in [0.2, 0.25) is 0 Å². The van der Waals surface area contributed by atoms with Crippen LogP contribution < -0.4 is 10.6 Å². The van der Waals surface area contributed by atoms with Crippen LogP contribution >= 0.6 is 11.3 Å². The second-order valence-electron chi connectivity index (χ2n) is 8.56. The SMILES string of the molecule is Cc1cc(NC(=O)c2cc(C3CC3NC3CCN(C4CC4)CC3)c(C)s2)no1. The Morgan fingerprint density at radius 1 is 1.21 bits per heavy atom. The van der Waals surface area contributed by atoms with Crippen LogP contribution in [0.5, 0.6) is 0 Å². The van der Waals surface area contributed by atoms with Gasteiger partial charge in [0.25, 0.3) is 5.91 Å². The molecule has 0 aromatic carbocycles. The van der Waals surface area contributed by atoms with E-state index in [2.05, 4.69) is 33.7 Å². The molecular weight excluding hydrogens is 372 g/mol. The lowest BCUT2D eigenvalue weighted by Crippen LogP contribution is -2.44. The Balaban J connectivity index is 1.16. The van der Waals surface area contributed by atoms with Crippen molar-refractivity contribution in [2.24, 2.45) is 0 Å². The second-order valence-corrected chi connectivity index (χ2v) is 9.81. The largest absolute Gasteiger partial charge is 0.360 e. The monoisotopic (exact) mass is 400 g/mol. The van der Waals surface area contributed by atoms with Gasteiger partial charge in [0.2, 0.25) is 0 Å². The van der Waals surface area contributed by atoms with Crippen LogP contribution in [-0.4, -0.2) is 47.2 Å². The summed E-state index contributed by atoms with van der Waals surface area (Å²) < 4.78 is 5.02. The van der Waals surface area contributed by atoms with Crippen LogP contribution in [0.25, 0.3) is 0 Å². The fourth-order valence-electron chi connectivity index (χ4n) is 4.48. The number of piperidine rings is 1. The molecule has 2 aliphatic carbocycles. The highest BCUT2D eigenvalue weighted by molar-refractivity contribution is 7.14. The van der Waals surface area contributed by atoms with Crippen molar-refractivity contribution in [1.29, 1.82) is 0 Å². The topological polar surface area (TPSA) is 70.4 Å². The highest BCUT2D eigenvalue weighted by Gasteiger charge is 2.42. The van der Waals surface area contributed by atoms with Crippen LogP contribution in [0.3, 0.4) is 0 Å². The van der Waals surface area contributed by atoms with E-state index < -0.39 is 0 Å². The second kappa shape index (κ2) is 7.28. The number of thiophene rings is 1. The van der Waals surface area contributed by atoms with Gasteiger partial charge in [-0.25, -0.2) is 0 Å². The molecule has 2 N–H and O–H groups in total. The molecule has 2 aromatic heterocycles. The van der Waals surface area contributed by atoms with Crippen molar-refractivity contribution >= 4 is 23.1 Å². The van der Waals surface area contributed by atoms with E-state index in [1.54, 1.807) is 17.4 Å². The summed E-state index contributed by atoms with van der Waals surface area (Å²) >= 11 is 1.57. The average molecular weight is 401 g/mol. The molecule has 3 aliphatic rings. The van der Waals surface area contributed by atoms with Gasteiger partial charge in [0.1, 0.15) is 5.76 Å². The lowest BCUT2D eigenvalue weighted by Gasteiger charge is -2.32. The summed E-state index contributed by atoms with van der Waals surface area (Å²) in [5.74, 6) is 1.60. The molecule has 1 saturated heterocycles. The first kappa shape index (κ1) is 18.3. The highest BCUT2D eigenvalue weighted by atomic mass is 32.1. The van der Waals surface area contributed by atoms with Crippen molar-refractivity contribution in [3.63, 3.8) is 0 Å². The zero-order chi connectivity index (χ0) is 19.3. The third kappa shape index (κ3) is 3.88. The summed E-state index contributed by atoms with van der Waals surface area (Å²) in [6, 6.07) is 5.93. The molecule has 6 nitrogen and oxygen atoms in total. The van der Waals surface area contributed by atoms with Crippen LogP contribution in [0.15, 0.2) is 16.7 Å². The molecule has 2 atom stereocenters. The van der Waals surface area contributed by atoms with Crippen molar-refractivity contribution in [2.75, 3.05) is 18.4 Å². The van der Waals surface area contributed by atoms with E-state index in [9.17, 15) is 4.79 Å². The fraction of sp³-hybridized carbons (Fsp3) is 0.619. The number of nitrogens with zero attached hydrogens (tertiary/aromatic N) is 2. The number of rotatable bonds is 6. The first-order valence-corrected chi connectivity index (χ1v) is 11.2. The minimum absolute atomic E-state index is 0.106. The molecule has 2 unspecified atom stereocenters. The molecule has 28 heavy (non-hydrogen) atoms. The predicted octanol–water partition coefficient (Wildman–Crippen LogP) is 3.68. The number of hydrogen-bond donors (Lipinski definition) is 2.